The summed E-state index contributed by atoms with van der Waals surface area (Å²) in [7, 11) is 0. The van der Waals surface area contributed by atoms with E-state index < -0.39 is 17.6 Å². The molecule has 2 atom stereocenters. The molecular formula is C23H24F3N3O. The van der Waals surface area contributed by atoms with Gasteiger partial charge in [-0.25, -0.2) is 4.98 Å². The first-order chi connectivity index (χ1) is 14.2. The Labute approximate surface area is 173 Å². The molecule has 2 unspecified atom stereocenters. The molecule has 4 rings (SSSR count). The molecule has 1 aliphatic carbocycles. The van der Waals surface area contributed by atoms with Crippen molar-refractivity contribution in [3.8, 4) is 0 Å². The Morgan fingerprint density at radius 3 is 2.70 bits per heavy atom. The van der Waals surface area contributed by atoms with Crippen molar-refractivity contribution in [1.82, 2.24) is 9.55 Å². The number of halogens is 3. The van der Waals surface area contributed by atoms with Gasteiger partial charge in [0.05, 0.1) is 16.6 Å². The molecule has 1 fully saturated rings. The van der Waals surface area contributed by atoms with Crippen molar-refractivity contribution in [2.75, 3.05) is 5.32 Å². The van der Waals surface area contributed by atoms with Crippen LogP contribution in [0.2, 0.25) is 0 Å². The van der Waals surface area contributed by atoms with Gasteiger partial charge in [0.25, 0.3) is 5.91 Å². The zero-order chi connectivity index (χ0) is 21.5. The smallest absolute Gasteiger partial charge is 0.307 e. The molecule has 0 saturated heterocycles. The summed E-state index contributed by atoms with van der Waals surface area (Å²) < 4.78 is 41.1. The van der Waals surface area contributed by atoms with Gasteiger partial charge in [-0.05, 0) is 61.6 Å². The second kappa shape index (κ2) is 7.78. The van der Waals surface area contributed by atoms with Gasteiger partial charge >= 0.3 is 6.18 Å². The van der Waals surface area contributed by atoms with Crippen LogP contribution in [0, 0.1) is 12.8 Å². The first kappa shape index (κ1) is 20.4. The number of nitrogens with one attached hydrogen (secondary N) is 1. The molecule has 3 aromatic rings. The number of imidazole rings is 1. The fourth-order valence-electron chi connectivity index (χ4n) is 4.31. The highest BCUT2D eigenvalue weighted by Gasteiger charge is 2.31. The molecular weight excluding hydrogens is 391 g/mol. The zero-order valence-electron chi connectivity index (χ0n) is 17.0. The van der Waals surface area contributed by atoms with Crippen molar-refractivity contribution in [3.05, 3.63) is 59.2 Å². The van der Waals surface area contributed by atoms with Crippen LogP contribution in [0.25, 0.3) is 11.0 Å². The van der Waals surface area contributed by atoms with Crippen LogP contribution >= 0.6 is 0 Å². The minimum Gasteiger partial charge on any atom is -0.307 e. The molecule has 4 nitrogen and oxygen atoms in total. The number of alkyl halides is 3. The molecule has 1 N–H and O–H groups in total. The highest BCUT2D eigenvalue weighted by atomic mass is 19.4. The van der Waals surface area contributed by atoms with Crippen LogP contribution in [0.15, 0.2) is 42.5 Å². The summed E-state index contributed by atoms with van der Waals surface area (Å²) in [6.45, 7) is 4.19. The van der Waals surface area contributed by atoms with Gasteiger partial charge in [-0.15, -0.1) is 0 Å². The van der Waals surface area contributed by atoms with E-state index in [9.17, 15) is 18.0 Å². The SMILES string of the molecule is Cc1ccc2c(c1)nc(NC(=O)c1cccc(C(F)(F)F)c1)n2C1CCCC(C)C1. The third-order valence-electron chi connectivity index (χ3n) is 5.80. The van der Waals surface area contributed by atoms with E-state index in [1.807, 2.05) is 25.1 Å². The van der Waals surface area contributed by atoms with Crippen molar-refractivity contribution >= 4 is 22.9 Å². The molecule has 158 valence electrons. The Bertz CT molecular complexity index is 1090. The largest absolute Gasteiger partial charge is 0.416 e. The summed E-state index contributed by atoms with van der Waals surface area (Å²) >= 11 is 0. The molecule has 7 heteroatoms. The topological polar surface area (TPSA) is 46.9 Å². The van der Waals surface area contributed by atoms with Gasteiger partial charge in [0, 0.05) is 11.6 Å². The Morgan fingerprint density at radius 2 is 1.97 bits per heavy atom. The molecule has 0 spiro atoms. The lowest BCUT2D eigenvalue weighted by Crippen LogP contribution is -2.22. The number of hydrogen-bond acceptors (Lipinski definition) is 2. The van der Waals surface area contributed by atoms with E-state index in [1.54, 1.807) is 0 Å². The average Bonchev–Trinajstić information content (AvgIpc) is 3.04. The number of aromatic nitrogens is 2. The van der Waals surface area contributed by atoms with Gasteiger partial charge in [-0.2, -0.15) is 13.2 Å². The van der Waals surface area contributed by atoms with Gasteiger partial charge < -0.3 is 4.57 Å². The molecule has 2 aromatic carbocycles. The van der Waals surface area contributed by atoms with Crippen molar-refractivity contribution in [2.45, 2.75) is 51.7 Å². The van der Waals surface area contributed by atoms with Crippen LogP contribution in [0.5, 0.6) is 0 Å². The molecule has 1 aliphatic rings. The lowest BCUT2D eigenvalue weighted by atomic mass is 9.87. The Hall–Kier alpha value is -2.83. The van der Waals surface area contributed by atoms with Crippen LogP contribution in [-0.2, 0) is 6.18 Å². The van der Waals surface area contributed by atoms with E-state index in [1.165, 1.54) is 18.6 Å². The first-order valence-corrected chi connectivity index (χ1v) is 10.2. The number of benzene rings is 2. The maximum atomic E-state index is 13.0. The predicted octanol–water partition coefficient (Wildman–Crippen LogP) is 6.37. The second-order valence-corrected chi connectivity index (χ2v) is 8.26. The molecule has 0 aliphatic heterocycles. The van der Waals surface area contributed by atoms with E-state index in [4.69, 9.17) is 0 Å². The Balaban J connectivity index is 1.71. The van der Waals surface area contributed by atoms with Gasteiger partial charge in [0.2, 0.25) is 5.95 Å². The summed E-state index contributed by atoms with van der Waals surface area (Å²) in [5.41, 5.74) is 1.86. The predicted molar refractivity (Wildman–Crippen MR) is 111 cm³/mol. The van der Waals surface area contributed by atoms with Gasteiger partial charge in [-0.1, -0.05) is 31.9 Å². The van der Waals surface area contributed by atoms with Crippen molar-refractivity contribution in [1.29, 1.82) is 0 Å². The summed E-state index contributed by atoms with van der Waals surface area (Å²) in [6.07, 6.45) is -0.270. The quantitative estimate of drug-likeness (QED) is 0.540. The summed E-state index contributed by atoms with van der Waals surface area (Å²) in [6, 6.07) is 10.6. The lowest BCUT2D eigenvalue weighted by Gasteiger charge is -2.29. The summed E-state index contributed by atoms with van der Waals surface area (Å²) in [5.74, 6) is 0.356. The second-order valence-electron chi connectivity index (χ2n) is 8.26. The van der Waals surface area contributed by atoms with Gasteiger partial charge in [-0.3, -0.25) is 10.1 Å². The Morgan fingerprint density at radius 1 is 1.17 bits per heavy atom. The van der Waals surface area contributed by atoms with E-state index in [-0.39, 0.29) is 11.6 Å². The number of nitrogens with zero attached hydrogens (tertiary/aromatic N) is 2. The third kappa shape index (κ3) is 4.06. The third-order valence-corrected chi connectivity index (χ3v) is 5.80. The standard InChI is InChI=1S/C23H24F3N3O/c1-14-5-3-8-18(11-14)29-20-10-9-15(2)12-19(20)27-22(29)28-21(30)16-6-4-7-17(13-16)23(24,25)26/h4,6-7,9-10,12-14,18H,3,5,8,11H2,1-2H3,(H,27,28,30). The fraction of sp³-hybridized carbons (Fsp3) is 0.391. The maximum absolute atomic E-state index is 13.0. The van der Waals surface area contributed by atoms with Crippen LogP contribution in [0.3, 0.4) is 0 Å². The molecule has 1 amide bonds. The molecule has 1 saturated carbocycles. The van der Waals surface area contributed by atoms with Crippen LogP contribution in [0.1, 0.15) is 60.1 Å². The van der Waals surface area contributed by atoms with Crippen molar-refractivity contribution < 1.29 is 18.0 Å². The van der Waals surface area contributed by atoms with Gasteiger partial charge in [0.15, 0.2) is 0 Å². The normalized spacial score (nSPS) is 19.8. The number of carbonyl (C=O) groups excluding carboxylic acids is 1. The lowest BCUT2D eigenvalue weighted by molar-refractivity contribution is -0.137. The monoisotopic (exact) mass is 415 g/mol. The molecule has 1 aromatic heterocycles. The van der Waals surface area contributed by atoms with E-state index in [0.29, 0.717) is 11.9 Å². The molecule has 1 heterocycles. The highest BCUT2D eigenvalue weighted by Crippen LogP contribution is 2.37. The first-order valence-electron chi connectivity index (χ1n) is 10.2. The van der Waals surface area contributed by atoms with Crippen LogP contribution in [0.4, 0.5) is 19.1 Å². The number of anilines is 1. The number of aryl methyl sites for hydroxylation is 1. The fourth-order valence-corrected chi connectivity index (χ4v) is 4.31. The molecule has 30 heavy (non-hydrogen) atoms. The van der Waals surface area contributed by atoms with E-state index in [2.05, 4.69) is 21.8 Å². The number of hydrogen-bond donors (Lipinski definition) is 1. The Kier molecular flexibility index (Phi) is 5.30. The minimum absolute atomic E-state index is 0.0448. The van der Waals surface area contributed by atoms with E-state index in [0.717, 1.165) is 48.0 Å². The zero-order valence-corrected chi connectivity index (χ0v) is 17.0. The van der Waals surface area contributed by atoms with Crippen LogP contribution < -0.4 is 5.32 Å². The average molecular weight is 415 g/mol. The number of amides is 1. The van der Waals surface area contributed by atoms with Gasteiger partial charge in [0.1, 0.15) is 0 Å². The summed E-state index contributed by atoms with van der Waals surface area (Å²) in [5, 5.41) is 2.77. The number of rotatable bonds is 3. The van der Waals surface area contributed by atoms with Crippen molar-refractivity contribution in [2.24, 2.45) is 5.92 Å². The highest BCUT2D eigenvalue weighted by molar-refractivity contribution is 6.04. The number of carbonyl (C=O) groups is 1. The minimum atomic E-state index is -4.50. The summed E-state index contributed by atoms with van der Waals surface area (Å²) in [4.78, 5) is 17.4. The molecule has 0 radical (unpaired) electrons. The van der Waals surface area contributed by atoms with Crippen molar-refractivity contribution in [3.63, 3.8) is 0 Å². The molecule has 0 bridgehead atoms. The number of fused-ring (bicyclic) bond motifs is 1. The van der Waals surface area contributed by atoms with Crippen LogP contribution in [-0.4, -0.2) is 15.5 Å². The van der Waals surface area contributed by atoms with E-state index >= 15 is 0 Å². The maximum Gasteiger partial charge on any atom is 0.416 e.